The van der Waals surface area contributed by atoms with Crippen LogP contribution in [0.4, 0.5) is 0 Å². The van der Waals surface area contributed by atoms with Crippen LogP contribution in [-0.2, 0) is 9.53 Å². The highest BCUT2D eigenvalue weighted by atomic mass is 16.5. The normalized spacial score (nSPS) is 22.4. The molecule has 0 aromatic carbocycles. The summed E-state index contributed by atoms with van der Waals surface area (Å²) in [5.74, 6) is 0.870. The van der Waals surface area contributed by atoms with Crippen LogP contribution in [0.5, 0.6) is 0 Å². The highest BCUT2D eigenvalue weighted by molar-refractivity contribution is 5.80. The van der Waals surface area contributed by atoms with E-state index in [9.17, 15) is 4.79 Å². The van der Waals surface area contributed by atoms with Crippen molar-refractivity contribution in [1.82, 2.24) is 9.80 Å². The Balaban J connectivity index is 2.30. The molecule has 1 amide bonds. The van der Waals surface area contributed by atoms with Gasteiger partial charge in [-0.25, -0.2) is 0 Å². The van der Waals surface area contributed by atoms with E-state index in [0.29, 0.717) is 12.0 Å². The van der Waals surface area contributed by atoms with E-state index in [-0.39, 0.29) is 11.9 Å². The van der Waals surface area contributed by atoms with Crippen molar-refractivity contribution in [3.05, 3.63) is 0 Å². The monoisotopic (exact) mass is 256 g/mol. The van der Waals surface area contributed by atoms with E-state index in [1.807, 2.05) is 21.0 Å². The standard InChI is InChI=1S/C14H28N2O2/c1-11(2)7-9-18-13-6-8-16(10-13)12(3)14(17)15(4)5/h11-13H,6-10H2,1-5H3. The van der Waals surface area contributed by atoms with Crippen molar-refractivity contribution in [3.63, 3.8) is 0 Å². The average molecular weight is 256 g/mol. The minimum absolute atomic E-state index is 0.0290. The maximum absolute atomic E-state index is 11.9. The summed E-state index contributed by atoms with van der Waals surface area (Å²) in [7, 11) is 3.62. The lowest BCUT2D eigenvalue weighted by Crippen LogP contribution is -2.43. The smallest absolute Gasteiger partial charge is 0.239 e. The van der Waals surface area contributed by atoms with E-state index < -0.39 is 0 Å². The first-order chi connectivity index (χ1) is 8.41. The van der Waals surface area contributed by atoms with Crippen LogP contribution in [0.1, 0.15) is 33.6 Å². The molecule has 2 atom stereocenters. The Morgan fingerprint density at radius 2 is 2.06 bits per heavy atom. The number of carbonyl (C=O) groups is 1. The molecule has 4 nitrogen and oxygen atoms in total. The minimum Gasteiger partial charge on any atom is -0.377 e. The number of hydrogen-bond acceptors (Lipinski definition) is 3. The highest BCUT2D eigenvalue weighted by Crippen LogP contribution is 2.17. The van der Waals surface area contributed by atoms with Gasteiger partial charge in [-0.2, -0.15) is 0 Å². The molecule has 4 heteroatoms. The third-order valence-corrected chi connectivity index (χ3v) is 3.57. The van der Waals surface area contributed by atoms with Crippen LogP contribution in [-0.4, -0.2) is 61.6 Å². The lowest BCUT2D eigenvalue weighted by atomic mass is 10.1. The van der Waals surface area contributed by atoms with Crippen LogP contribution < -0.4 is 0 Å². The fraction of sp³-hybridized carbons (Fsp3) is 0.929. The molecule has 2 unspecified atom stereocenters. The summed E-state index contributed by atoms with van der Waals surface area (Å²) in [6, 6.07) is -0.0290. The van der Waals surface area contributed by atoms with Crippen LogP contribution in [0.25, 0.3) is 0 Å². The molecule has 1 fully saturated rings. The van der Waals surface area contributed by atoms with Crippen molar-refractivity contribution in [1.29, 1.82) is 0 Å². The number of carbonyl (C=O) groups excluding carboxylic acids is 1. The molecule has 0 spiro atoms. The van der Waals surface area contributed by atoms with Crippen molar-refractivity contribution in [2.24, 2.45) is 5.92 Å². The number of likely N-dealkylation sites (tertiary alicyclic amines) is 1. The lowest BCUT2D eigenvalue weighted by molar-refractivity contribution is -0.133. The summed E-state index contributed by atoms with van der Waals surface area (Å²) in [6.45, 7) is 9.10. The first-order valence-corrected chi connectivity index (χ1v) is 6.98. The zero-order chi connectivity index (χ0) is 13.7. The molecule has 0 bridgehead atoms. The summed E-state index contributed by atoms with van der Waals surface area (Å²) in [5.41, 5.74) is 0. The molecular formula is C14H28N2O2. The largest absolute Gasteiger partial charge is 0.377 e. The van der Waals surface area contributed by atoms with Gasteiger partial charge >= 0.3 is 0 Å². The van der Waals surface area contributed by atoms with E-state index in [0.717, 1.165) is 32.5 Å². The zero-order valence-corrected chi connectivity index (χ0v) is 12.5. The van der Waals surface area contributed by atoms with E-state index in [4.69, 9.17) is 4.74 Å². The molecule has 0 aromatic rings. The van der Waals surface area contributed by atoms with Gasteiger partial charge in [-0.15, -0.1) is 0 Å². The minimum atomic E-state index is -0.0290. The predicted molar refractivity (Wildman–Crippen MR) is 73.5 cm³/mol. The number of nitrogens with zero attached hydrogens (tertiary/aromatic N) is 2. The Kier molecular flexibility index (Phi) is 6.09. The molecule has 0 N–H and O–H groups in total. The van der Waals surface area contributed by atoms with Gasteiger partial charge in [0, 0.05) is 33.8 Å². The van der Waals surface area contributed by atoms with Crippen molar-refractivity contribution in [2.75, 3.05) is 33.8 Å². The van der Waals surface area contributed by atoms with Gasteiger partial charge in [0.25, 0.3) is 0 Å². The van der Waals surface area contributed by atoms with Crippen LogP contribution in [0.2, 0.25) is 0 Å². The third kappa shape index (κ3) is 4.58. The van der Waals surface area contributed by atoms with Gasteiger partial charge in [-0.3, -0.25) is 9.69 Å². The summed E-state index contributed by atoms with van der Waals surface area (Å²) in [5, 5.41) is 0. The molecule has 0 aromatic heterocycles. The second-order valence-corrected chi connectivity index (χ2v) is 5.87. The van der Waals surface area contributed by atoms with Crippen LogP contribution in [0.3, 0.4) is 0 Å². The van der Waals surface area contributed by atoms with Crippen molar-refractivity contribution in [3.8, 4) is 0 Å². The number of likely N-dealkylation sites (N-methyl/N-ethyl adjacent to an activating group) is 1. The average Bonchev–Trinajstić information content (AvgIpc) is 2.75. The second kappa shape index (κ2) is 7.10. The Bertz CT molecular complexity index is 267. The first kappa shape index (κ1) is 15.4. The topological polar surface area (TPSA) is 32.8 Å². The van der Waals surface area contributed by atoms with E-state index in [2.05, 4.69) is 18.7 Å². The molecule has 1 aliphatic heterocycles. The lowest BCUT2D eigenvalue weighted by Gasteiger charge is -2.25. The molecule has 1 heterocycles. The summed E-state index contributed by atoms with van der Waals surface area (Å²) < 4.78 is 5.87. The van der Waals surface area contributed by atoms with Crippen molar-refractivity contribution in [2.45, 2.75) is 45.8 Å². The van der Waals surface area contributed by atoms with Gasteiger partial charge in [0.1, 0.15) is 0 Å². The van der Waals surface area contributed by atoms with E-state index in [1.165, 1.54) is 0 Å². The molecule has 18 heavy (non-hydrogen) atoms. The maximum atomic E-state index is 11.9. The fourth-order valence-electron chi connectivity index (χ4n) is 2.24. The molecule has 0 aliphatic carbocycles. The number of amides is 1. The van der Waals surface area contributed by atoms with Gasteiger partial charge in [0.2, 0.25) is 5.91 Å². The molecule has 106 valence electrons. The summed E-state index contributed by atoms with van der Waals surface area (Å²) in [6.07, 6.45) is 2.47. The summed E-state index contributed by atoms with van der Waals surface area (Å²) >= 11 is 0. The molecule has 0 radical (unpaired) electrons. The highest BCUT2D eigenvalue weighted by Gasteiger charge is 2.30. The van der Waals surface area contributed by atoms with E-state index >= 15 is 0 Å². The van der Waals surface area contributed by atoms with Crippen molar-refractivity contribution >= 4 is 5.91 Å². The van der Waals surface area contributed by atoms with Gasteiger partial charge in [-0.05, 0) is 25.7 Å². The van der Waals surface area contributed by atoms with Crippen LogP contribution in [0, 0.1) is 5.92 Å². The van der Waals surface area contributed by atoms with Gasteiger partial charge in [0.05, 0.1) is 12.1 Å². The Labute approximate surface area is 111 Å². The van der Waals surface area contributed by atoms with Crippen LogP contribution in [0.15, 0.2) is 0 Å². The van der Waals surface area contributed by atoms with Crippen molar-refractivity contribution < 1.29 is 9.53 Å². The molecular weight excluding hydrogens is 228 g/mol. The molecule has 1 rings (SSSR count). The summed E-state index contributed by atoms with van der Waals surface area (Å²) in [4.78, 5) is 15.8. The zero-order valence-electron chi connectivity index (χ0n) is 12.5. The van der Waals surface area contributed by atoms with E-state index in [1.54, 1.807) is 4.90 Å². The number of hydrogen-bond donors (Lipinski definition) is 0. The fourth-order valence-corrected chi connectivity index (χ4v) is 2.24. The number of rotatable bonds is 6. The number of ether oxygens (including phenoxy) is 1. The Hall–Kier alpha value is -0.610. The first-order valence-electron chi connectivity index (χ1n) is 6.98. The quantitative estimate of drug-likeness (QED) is 0.723. The maximum Gasteiger partial charge on any atom is 0.239 e. The Morgan fingerprint density at radius 3 is 2.61 bits per heavy atom. The predicted octanol–water partition coefficient (Wildman–Crippen LogP) is 1.60. The third-order valence-electron chi connectivity index (χ3n) is 3.57. The van der Waals surface area contributed by atoms with Gasteiger partial charge in [0.15, 0.2) is 0 Å². The van der Waals surface area contributed by atoms with Crippen LogP contribution >= 0.6 is 0 Å². The Morgan fingerprint density at radius 1 is 1.39 bits per heavy atom. The molecule has 1 aliphatic rings. The van der Waals surface area contributed by atoms with Gasteiger partial charge in [-0.1, -0.05) is 13.8 Å². The molecule has 1 saturated heterocycles. The van der Waals surface area contributed by atoms with Gasteiger partial charge < -0.3 is 9.64 Å². The molecule has 0 saturated carbocycles. The SMILES string of the molecule is CC(C)CCOC1CCN(C(C)C(=O)N(C)C)C1. The second-order valence-electron chi connectivity index (χ2n) is 5.87.